The number of nitrogens with one attached hydrogen (secondary N) is 1. The fourth-order valence-corrected chi connectivity index (χ4v) is 3.46. The van der Waals surface area contributed by atoms with E-state index >= 15 is 0 Å². The smallest absolute Gasteiger partial charge is 0.349 e. The summed E-state index contributed by atoms with van der Waals surface area (Å²) in [5.74, 6) is -0.404. The highest BCUT2D eigenvalue weighted by atomic mass is 16.5. The molecule has 1 aliphatic rings. The first-order chi connectivity index (χ1) is 14.9. The van der Waals surface area contributed by atoms with E-state index in [0.717, 1.165) is 29.8 Å². The fourth-order valence-electron chi connectivity index (χ4n) is 3.46. The van der Waals surface area contributed by atoms with Gasteiger partial charge < -0.3 is 24.1 Å². The van der Waals surface area contributed by atoms with Crippen molar-refractivity contribution in [1.82, 2.24) is 4.57 Å². The number of nitriles is 1. The number of methoxy groups -OCH3 is 2. The molecule has 8 heteroatoms. The van der Waals surface area contributed by atoms with E-state index in [0.29, 0.717) is 23.2 Å². The minimum Gasteiger partial charge on any atom is -0.493 e. The van der Waals surface area contributed by atoms with Gasteiger partial charge in [-0.3, -0.25) is 4.79 Å². The van der Waals surface area contributed by atoms with Gasteiger partial charge in [-0.25, -0.2) is 4.79 Å². The van der Waals surface area contributed by atoms with Gasteiger partial charge in [0.25, 0.3) is 5.91 Å². The summed E-state index contributed by atoms with van der Waals surface area (Å²) in [7, 11) is 3.00. The Kier molecular flexibility index (Phi) is 6.65. The highest BCUT2D eigenvalue weighted by Crippen LogP contribution is 2.38. The predicted octanol–water partition coefficient (Wildman–Crippen LogP) is 3.55. The van der Waals surface area contributed by atoms with E-state index in [1.165, 1.54) is 20.3 Å². The van der Waals surface area contributed by atoms with E-state index in [4.69, 9.17) is 14.2 Å². The second-order valence-corrected chi connectivity index (χ2v) is 7.29. The molecular weight excluding hydrogens is 398 g/mol. The molecule has 1 heterocycles. The average Bonchev–Trinajstić information content (AvgIpc) is 3.55. The molecule has 0 spiro atoms. The summed E-state index contributed by atoms with van der Waals surface area (Å²) in [5.41, 5.74) is 3.20. The zero-order valence-electron chi connectivity index (χ0n) is 18.0. The SMILES string of the molecule is COc1ccc(NC(=O)COC(=O)/C(C#N)=C/c2cc(C)n(C3CC3)c2C)cc1OC. The van der Waals surface area contributed by atoms with E-state index in [-0.39, 0.29) is 5.57 Å². The number of carbonyl (C=O) groups excluding carboxylic acids is 2. The maximum absolute atomic E-state index is 12.3. The molecule has 0 saturated heterocycles. The van der Waals surface area contributed by atoms with Crippen molar-refractivity contribution < 1.29 is 23.8 Å². The Bertz CT molecular complexity index is 1070. The van der Waals surface area contributed by atoms with Crippen LogP contribution in [0.1, 0.15) is 35.8 Å². The topological polar surface area (TPSA) is 103 Å². The minimum atomic E-state index is -0.846. The molecule has 1 saturated carbocycles. The number of amides is 1. The lowest BCUT2D eigenvalue weighted by atomic mass is 10.1. The van der Waals surface area contributed by atoms with Gasteiger partial charge >= 0.3 is 5.97 Å². The van der Waals surface area contributed by atoms with Crippen LogP contribution in [0.3, 0.4) is 0 Å². The zero-order valence-corrected chi connectivity index (χ0v) is 18.0. The van der Waals surface area contributed by atoms with Gasteiger partial charge in [0.1, 0.15) is 11.6 Å². The number of carbonyl (C=O) groups is 2. The molecule has 2 aromatic rings. The second-order valence-electron chi connectivity index (χ2n) is 7.29. The number of hydrogen-bond donors (Lipinski definition) is 1. The largest absolute Gasteiger partial charge is 0.493 e. The van der Waals surface area contributed by atoms with Crippen LogP contribution in [0, 0.1) is 25.2 Å². The lowest BCUT2D eigenvalue weighted by molar-refractivity contribution is -0.142. The number of anilines is 1. The predicted molar refractivity (Wildman–Crippen MR) is 115 cm³/mol. The lowest BCUT2D eigenvalue weighted by Gasteiger charge is -2.10. The molecule has 31 heavy (non-hydrogen) atoms. The molecule has 1 aliphatic carbocycles. The van der Waals surface area contributed by atoms with Crippen LogP contribution in [0.25, 0.3) is 6.08 Å². The third-order valence-corrected chi connectivity index (χ3v) is 5.08. The summed E-state index contributed by atoms with van der Waals surface area (Å²) < 4.78 is 17.6. The number of esters is 1. The van der Waals surface area contributed by atoms with Gasteiger partial charge in [0, 0.05) is 29.2 Å². The molecular formula is C23H25N3O5. The van der Waals surface area contributed by atoms with E-state index in [2.05, 4.69) is 9.88 Å². The van der Waals surface area contributed by atoms with Crippen molar-refractivity contribution in [3.63, 3.8) is 0 Å². The average molecular weight is 423 g/mol. The number of rotatable bonds is 8. The molecule has 8 nitrogen and oxygen atoms in total. The summed E-state index contributed by atoms with van der Waals surface area (Å²) in [6, 6.07) is 9.19. The molecule has 1 N–H and O–H groups in total. The zero-order chi connectivity index (χ0) is 22.5. The van der Waals surface area contributed by atoms with Gasteiger partial charge in [-0.05, 0) is 56.5 Å². The fraction of sp³-hybridized carbons (Fsp3) is 0.348. The monoisotopic (exact) mass is 423 g/mol. The summed E-state index contributed by atoms with van der Waals surface area (Å²) in [6.45, 7) is 3.45. The van der Waals surface area contributed by atoms with E-state index in [1.54, 1.807) is 18.2 Å². The molecule has 162 valence electrons. The number of hydrogen-bond acceptors (Lipinski definition) is 6. The van der Waals surface area contributed by atoms with Crippen LogP contribution in [-0.2, 0) is 14.3 Å². The molecule has 0 bridgehead atoms. The number of aromatic nitrogens is 1. The second kappa shape index (κ2) is 9.39. The Labute approximate surface area is 181 Å². The highest BCUT2D eigenvalue weighted by molar-refractivity contribution is 6.00. The molecule has 1 aromatic heterocycles. The van der Waals surface area contributed by atoms with Gasteiger partial charge in [-0.1, -0.05) is 0 Å². The molecule has 1 amide bonds. The van der Waals surface area contributed by atoms with Crippen molar-refractivity contribution in [3.05, 3.63) is 46.8 Å². The number of aryl methyl sites for hydroxylation is 1. The Morgan fingerprint density at radius 1 is 1.19 bits per heavy atom. The summed E-state index contributed by atoms with van der Waals surface area (Å²) in [6.07, 6.45) is 3.79. The van der Waals surface area contributed by atoms with Crippen LogP contribution in [0.2, 0.25) is 0 Å². The third-order valence-electron chi connectivity index (χ3n) is 5.08. The minimum absolute atomic E-state index is 0.157. The van der Waals surface area contributed by atoms with Gasteiger partial charge in [0.15, 0.2) is 18.1 Å². The van der Waals surface area contributed by atoms with E-state index < -0.39 is 18.5 Å². The summed E-state index contributed by atoms with van der Waals surface area (Å²) >= 11 is 0. The van der Waals surface area contributed by atoms with Crippen molar-refractivity contribution >= 4 is 23.6 Å². The Morgan fingerprint density at radius 2 is 1.90 bits per heavy atom. The normalized spacial score (nSPS) is 13.3. The Morgan fingerprint density at radius 3 is 2.52 bits per heavy atom. The van der Waals surface area contributed by atoms with Crippen molar-refractivity contribution in [3.8, 4) is 17.6 Å². The van der Waals surface area contributed by atoms with Crippen molar-refractivity contribution in [1.29, 1.82) is 5.26 Å². The Balaban J connectivity index is 1.63. The van der Waals surface area contributed by atoms with Crippen molar-refractivity contribution in [2.24, 2.45) is 0 Å². The maximum atomic E-state index is 12.3. The highest BCUT2D eigenvalue weighted by Gasteiger charge is 2.27. The maximum Gasteiger partial charge on any atom is 0.349 e. The van der Waals surface area contributed by atoms with Crippen LogP contribution in [-0.4, -0.2) is 37.3 Å². The van der Waals surface area contributed by atoms with Gasteiger partial charge in [-0.15, -0.1) is 0 Å². The molecule has 1 fully saturated rings. The number of benzene rings is 1. The quantitative estimate of drug-likeness (QED) is 0.396. The van der Waals surface area contributed by atoms with Crippen molar-refractivity contribution in [2.75, 3.05) is 26.1 Å². The van der Waals surface area contributed by atoms with Crippen molar-refractivity contribution in [2.45, 2.75) is 32.7 Å². The Hall–Kier alpha value is -3.73. The van der Waals surface area contributed by atoms with Crippen LogP contribution in [0.4, 0.5) is 5.69 Å². The molecule has 1 aromatic carbocycles. The molecule has 3 rings (SSSR count). The number of ether oxygens (including phenoxy) is 3. The van der Waals surface area contributed by atoms with E-state index in [9.17, 15) is 14.9 Å². The van der Waals surface area contributed by atoms with Crippen LogP contribution >= 0.6 is 0 Å². The van der Waals surface area contributed by atoms with Crippen LogP contribution < -0.4 is 14.8 Å². The summed E-state index contributed by atoms with van der Waals surface area (Å²) in [4.78, 5) is 24.5. The summed E-state index contributed by atoms with van der Waals surface area (Å²) in [5, 5.41) is 12.0. The first-order valence-electron chi connectivity index (χ1n) is 9.87. The third kappa shape index (κ3) is 5.07. The molecule has 0 unspecified atom stereocenters. The standard InChI is InChI=1S/C23H25N3O5/c1-14-9-16(15(2)26(14)19-6-7-19)10-17(12-24)23(28)31-13-22(27)25-18-5-8-20(29-3)21(11-18)30-4/h5,8-11,19H,6-7,13H2,1-4H3,(H,25,27)/b17-10+. The van der Waals surface area contributed by atoms with E-state index in [1.807, 2.05) is 26.0 Å². The first-order valence-corrected chi connectivity index (χ1v) is 9.87. The van der Waals surface area contributed by atoms with Gasteiger partial charge in [-0.2, -0.15) is 5.26 Å². The molecule has 0 aliphatic heterocycles. The lowest BCUT2D eigenvalue weighted by Crippen LogP contribution is -2.21. The van der Waals surface area contributed by atoms with Crippen LogP contribution in [0.5, 0.6) is 11.5 Å². The van der Waals surface area contributed by atoms with Gasteiger partial charge in [0.2, 0.25) is 0 Å². The van der Waals surface area contributed by atoms with Gasteiger partial charge in [0.05, 0.1) is 14.2 Å². The first kappa shape index (κ1) is 22.0. The molecule has 0 radical (unpaired) electrons. The number of nitrogens with zero attached hydrogens (tertiary/aromatic N) is 2. The molecule has 0 atom stereocenters. The van der Waals surface area contributed by atoms with Crippen LogP contribution in [0.15, 0.2) is 29.8 Å².